The van der Waals surface area contributed by atoms with Gasteiger partial charge in [-0.2, -0.15) is 0 Å². The molecule has 22 heavy (non-hydrogen) atoms. The van der Waals surface area contributed by atoms with Crippen molar-refractivity contribution in [1.29, 1.82) is 0 Å². The average molecular weight is 347 g/mol. The average Bonchev–Trinajstić information content (AvgIpc) is 2.47. The van der Waals surface area contributed by atoms with Crippen LogP contribution in [0.25, 0.3) is 0 Å². The van der Waals surface area contributed by atoms with E-state index in [4.69, 9.17) is 32.7 Å². The second kappa shape index (κ2) is 9.70. The number of halogens is 2. The molecule has 6 heteroatoms. The van der Waals surface area contributed by atoms with Crippen LogP contribution in [-0.2, 0) is 25.5 Å². The molecule has 0 saturated heterocycles. The maximum absolute atomic E-state index is 11.8. The lowest BCUT2D eigenvalue weighted by Gasteiger charge is -2.14. The lowest BCUT2D eigenvalue weighted by molar-refractivity contribution is -0.161. The molecule has 1 rings (SSSR count). The van der Waals surface area contributed by atoms with E-state index in [1.54, 1.807) is 26.0 Å². The van der Waals surface area contributed by atoms with Crippen LogP contribution < -0.4 is 0 Å². The summed E-state index contributed by atoms with van der Waals surface area (Å²) in [6, 6.07) is 5.39. The molecule has 0 atom stereocenters. The molecule has 0 fully saturated rings. The van der Waals surface area contributed by atoms with E-state index >= 15 is 0 Å². The van der Waals surface area contributed by atoms with Crippen molar-refractivity contribution in [1.82, 2.24) is 0 Å². The fourth-order valence-corrected chi connectivity index (χ4v) is 2.34. The number of carbonyl (C=O) groups is 2. The molecule has 1 aromatic rings. The van der Waals surface area contributed by atoms with Gasteiger partial charge in [0.05, 0.1) is 23.3 Å². The van der Waals surface area contributed by atoms with Crippen molar-refractivity contribution in [2.75, 3.05) is 13.2 Å². The summed E-state index contributed by atoms with van der Waals surface area (Å²) < 4.78 is 9.86. The minimum atomic E-state index is -0.873. The predicted molar refractivity (Wildman–Crippen MR) is 86.2 cm³/mol. The van der Waals surface area contributed by atoms with E-state index in [9.17, 15) is 9.59 Å². The lowest BCUT2D eigenvalue weighted by atomic mass is 9.99. The number of aryl methyl sites for hydroxylation is 1. The molecule has 0 saturated carbocycles. The van der Waals surface area contributed by atoms with Gasteiger partial charge in [0.2, 0.25) is 0 Å². The minimum absolute atomic E-state index is 0.238. The second-order valence-corrected chi connectivity index (χ2v) is 5.51. The monoisotopic (exact) mass is 346 g/mol. The van der Waals surface area contributed by atoms with Gasteiger partial charge in [-0.15, -0.1) is 0 Å². The maximum Gasteiger partial charge on any atom is 0.320 e. The van der Waals surface area contributed by atoms with Gasteiger partial charge < -0.3 is 9.47 Å². The molecule has 0 heterocycles. The van der Waals surface area contributed by atoms with Crippen LogP contribution >= 0.6 is 23.2 Å². The third-order valence-corrected chi connectivity index (χ3v) is 3.82. The summed E-state index contributed by atoms with van der Waals surface area (Å²) in [6.45, 7) is 3.88. The van der Waals surface area contributed by atoms with Gasteiger partial charge in [-0.05, 0) is 50.8 Å². The molecule has 0 N–H and O–H groups in total. The number of benzene rings is 1. The number of hydrogen-bond acceptors (Lipinski definition) is 4. The summed E-state index contributed by atoms with van der Waals surface area (Å²) in [5.41, 5.74) is 1.00. The highest BCUT2D eigenvalue weighted by Crippen LogP contribution is 2.24. The molecule has 0 aromatic heterocycles. The number of carbonyl (C=O) groups excluding carboxylic acids is 2. The number of esters is 2. The maximum atomic E-state index is 11.8. The van der Waals surface area contributed by atoms with Crippen LogP contribution in [0.15, 0.2) is 18.2 Å². The molecule has 1 aromatic carbocycles. The van der Waals surface area contributed by atoms with Crippen molar-refractivity contribution in [3.63, 3.8) is 0 Å². The highest BCUT2D eigenvalue weighted by Gasteiger charge is 2.28. The lowest BCUT2D eigenvalue weighted by Crippen LogP contribution is -2.28. The first-order valence-electron chi connectivity index (χ1n) is 7.26. The molecule has 0 aliphatic rings. The Hall–Kier alpha value is -1.26. The first kappa shape index (κ1) is 18.8. The van der Waals surface area contributed by atoms with Crippen LogP contribution in [-0.4, -0.2) is 25.2 Å². The summed E-state index contributed by atoms with van der Waals surface area (Å²) in [5, 5.41) is 0.993. The molecule has 0 spiro atoms. The van der Waals surface area contributed by atoms with Gasteiger partial charge in [0.1, 0.15) is 0 Å². The van der Waals surface area contributed by atoms with Gasteiger partial charge >= 0.3 is 11.9 Å². The van der Waals surface area contributed by atoms with Crippen molar-refractivity contribution < 1.29 is 19.1 Å². The van der Waals surface area contributed by atoms with Crippen LogP contribution in [0.1, 0.15) is 32.3 Å². The van der Waals surface area contributed by atoms with E-state index in [1.165, 1.54) is 0 Å². The first-order chi connectivity index (χ1) is 10.5. The fraction of sp³-hybridized carbons (Fsp3) is 0.500. The van der Waals surface area contributed by atoms with Gasteiger partial charge in [-0.1, -0.05) is 29.3 Å². The third-order valence-electron chi connectivity index (χ3n) is 3.08. The number of rotatable bonds is 8. The largest absolute Gasteiger partial charge is 0.465 e. The Balaban J connectivity index is 2.60. The molecular formula is C16H20Cl2O4. The molecule has 0 aliphatic carbocycles. The molecular weight excluding hydrogens is 327 g/mol. The summed E-state index contributed by atoms with van der Waals surface area (Å²) in [4.78, 5) is 23.7. The second-order valence-electron chi connectivity index (χ2n) is 4.70. The zero-order chi connectivity index (χ0) is 16.5. The minimum Gasteiger partial charge on any atom is -0.465 e. The molecule has 0 unspecified atom stereocenters. The van der Waals surface area contributed by atoms with E-state index in [1.807, 2.05) is 6.07 Å². The van der Waals surface area contributed by atoms with Crippen molar-refractivity contribution in [2.45, 2.75) is 33.1 Å². The number of ether oxygens (including phenoxy) is 2. The van der Waals surface area contributed by atoms with Crippen LogP contribution in [0.3, 0.4) is 0 Å². The SMILES string of the molecule is CCOC(=O)C(CCCc1ccc(Cl)c(Cl)c1)C(=O)OCC. The van der Waals surface area contributed by atoms with Gasteiger partial charge in [-0.3, -0.25) is 9.59 Å². The molecule has 0 bridgehead atoms. The predicted octanol–water partition coefficient (Wildman–Crippen LogP) is 4.06. The zero-order valence-electron chi connectivity index (χ0n) is 12.7. The molecule has 0 radical (unpaired) electrons. The van der Waals surface area contributed by atoms with Crippen molar-refractivity contribution >= 4 is 35.1 Å². The van der Waals surface area contributed by atoms with E-state index in [-0.39, 0.29) is 13.2 Å². The molecule has 4 nitrogen and oxygen atoms in total. The van der Waals surface area contributed by atoms with Crippen molar-refractivity contribution in [3.05, 3.63) is 33.8 Å². The summed E-state index contributed by atoms with van der Waals surface area (Å²) >= 11 is 11.8. The van der Waals surface area contributed by atoms with Crippen molar-refractivity contribution in [3.8, 4) is 0 Å². The van der Waals surface area contributed by atoms with Gasteiger partial charge in [0.25, 0.3) is 0 Å². The van der Waals surface area contributed by atoms with Crippen LogP contribution in [0.2, 0.25) is 10.0 Å². The fourth-order valence-electron chi connectivity index (χ4n) is 2.02. The summed E-state index contributed by atoms with van der Waals surface area (Å²) in [7, 11) is 0. The zero-order valence-corrected chi connectivity index (χ0v) is 14.2. The Bertz CT molecular complexity index is 499. The Morgan fingerprint density at radius 1 is 1.05 bits per heavy atom. The summed E-state index contributed by atoms with van der Waals surface area (Å²) in [6.07, 6.45) is 1.70. The molecule has 0 amide bonds. The Kier molecular flexibility index (Phi) is 8.28. The van der Waals surface area contributed by atoms with Gasteiger partial charge in [-0.25, -0.2) is 0 Å². The topological polar surface area (TPSA) is 52.6 Å². The van der Waals surface area contributed by atoms with Gasteiger partial charge in [0.15, 0.2) is 5.92 Å². The van der Waals surface area contributed by atoms with Crippen LogP contribution in [0.5, 0.6) is 0 Å². The number of hydrogen-bond donors (Lipinski definition) is 0. The molecule has 0 aliphatic heterocycles. The smallest absolute Gasteiger partial charge is 0.320 e. The van der Waals surface area contributed by atoms with E-state index in [0.717, 1.165) is 5.56 Å². The highest BCUT2D eigenvalue weighted by atomic mass is 35.5. The van der Waals surface area contributed by atoms with E-state index in [0.29, 0.717) is 29.3 Å². The van der Waals surface area contributed by atoms with Crippen LogP contribution in [0.4, 0.5) is 0 Å². The first-order valence-corrected chi connectivity index (χ1v) is 8.02. The standard InChI is InChI=1S/C16H20Cl2O4/c1-3-21-15(19)12(16(20)22-4-2)7-5-6-11-8-9-13(17)14(18)10-11/h8-10,12H,3-7H2,1-2H3. The van der Waals surface area contributed by atoms with Crippen LogP contribution in [0, 0.1) is 5.92 Å². The van der Waals surface area contributed by atoms with E-state index < -0.39 is 17.9 Å². The Labute approximate surface area is 140 Å². The third kappa shape index (κ3) is 5.85. The summed E-state index contributed by atoms with van der Waals surface area (Å²) in [5.74, 6) is -1.94. The Morgan fingerprint density at radius 2 is 1.64 bits per heavy atom. The van der Waals surface area contributed by atoms with Gasteiger partial charge in [0, 0.05) is 0 Å². The Morgan fingerprint density at radius 3 is 2.14 bits per heavy atom. The van der Waals surface area contributed by atoms with E-state index in [2.05, 4.69) is 0 Å². The quantitative estimate of drug-likeness (QED) is 0.526. The molecule has 122 valence electrons. The van der Waals surface area contributed by atoms with Crippen molar-refractivity contribution in [2.24, 2.45) is 5.92 Å². The normalized spacial score (nSPS) is 10.6. The highest BCUT2D eigenvalue weighted by molar-refractivity contribution is 6.42.